The van der Waals surface area contributed by atoms with Crippen LogP contribution in [-0.2, 0) is 54.8 Å². The van der Waals surface area contributed by atoms with Crippen LogP contribution in [0, 0.1) is 0 Å². The molecule has 0 spiro atoms. The van der Waals surface area contributed by atoms with Gasteiger partial charge in [-0.25, -0.2) is 17.6 Å². The third-order valence-electron chi connectivity index (χ3n) is 7.21. The number of sulfone groups is 1. The third-order valence-corrected chi connectivity index (χ3v) is 12.2. The zero-order valence-electron chi connectivity index (χ0n) is 29.7. The van der Waals surface area contributed by atoms with Crippen LogP contribution in [0.3, 0.4) is 0 Å². The zero-order valence-corrected chi connectivity index (χ0v) is 34.5. The van der Waals surface area contributed by atoms with Gasteiger partial charge >= 0.3 is 10.4 Å². The van der Waals surface area contributed by atoms with E-state index in [-0.39, 0.29) is 39.9 Å². The van der Waals surface area contributed by atoms with Crippen LogP contribution < -0.4 is 22.1 Å². The van der Waals surface area contributed by atoms with Crippen molar-refractivity contribution in [3.63, 3.8) is 0 Å². The first-order valence-corrected chi connectivity index (χ1v) is 23.4. The number of nitrogens with one attached hydrogen (secondary N) is 2. The van der Waals surface area contributed by atoms with Crippen molar-refractivity contribution in [2.75, 3.05) is 34.5 Å². The van der Waals surface area contributed by atoms with Crippen LogP contribution in [0.5, 0.6) is 0 Å². The van der Waals surface area contributed by atoms with Gasteiger partial charge in [0.05, 0.1) is 22.2 Å². The Hall–Kier alpha value is -5.94. The number of azo groups is 2. The van der Waals surface area contributed by atoms with Gasteiger partial charge in [0, 0.05) is 17.4 Å². The number of halogens is 1. The standard InChI is InChI=1S/C28H25ClN12O15S5/c29-26-35-27(32-14-2-1-3-17(10-14)58(44,45)46)37-28(36-26)33-15-4-7-22(59(47,48)49)19(11-15)39-41-21-13-20(24(30)34-25(21)31)40-38-18-6-5-16(12-23(18)60(50,51)52)57(42,43)9-8-56-61(53,54)55/h1-7,10-13H,8-9H2,(H4,30,31,34)(H,44,45,46)(H,47,48,49)(H,50,51,52)(H,53,54,55)(H2,32,33,35,36,37). The van der Waals surface area contributed by atoms with Gasteiger partial charge < -0.3 is 22.1 Å². The van der Waals surface area contributed by atoms with E-state index in [1.807, 2.05) is 0 Å². The molecule has 27 nitrogen and oxygen atoms in total. The van der Waals surface area contributed by atoms with Crippen molar-refractivity contribution < 1.29 is 64.5 Å². The highest BCUT2D eigenvalue weighted by molar-refractivity contribution is 7.91. The third kappa shape index (κ3) is 12.5. The molecule has 2 aromatic heterocycles. The molecule has 33 heteroatoms. The topological polar surface area (TPSA) is 438 Å². The maximum Gasteiger partial charge on any atom is 0.397 e. The summed E-state index contributed by atoms with van der Waals surface area (Å²) in [5, 5.41) is 20.2. The van der Waals surface area contributed by atoms with E-state index in [0.717, 1.165) is 42.5 Å². The fourth-order valence-electron chi connectivity index (χ4n) is 4.59. The van der Waals surface area contributed by atoms with Crippen molar-refractivity contribution in [2.45, 2.75) is 19.6 Å². The SMILES string of the molecule is Nc1nc(N)c(N=Nc2ccc(S(=O)(=O)CCOS(=O)(=O)O)cc2S(=O)(=O)O)cc1N=Nc1cc(Nc2nc(Cl)nc(Nc3cccc(S(=O)(=O)O)c3)n2)ccc1S(=O)(=O)O. The van der Waals surface area contributed by atoms with E-state index in [1.54, 1.807) is 0 Å². The number of nitrogen functional groups attached to an aromatic ring is 2. The van der Waals surface area contributed by atoms with Gasteiger partial charge in [-0.05, 0) is 66.2 Å². The van der Waals surface area contributed by atoms with E-state index in [1.165, 1.54) is 18.2 Å². The molecule has 0 unspecified atom stereocenters. The molecule has 10 N–H and O–H groups in total. The number of nitrogens with two attached hydrogens (primary N) is 2. The van der Waals surface area contributed by atoms with Crippen molar-refractivity contribution >= 4 is 120 Å². The summed E-state index contributed by atoms with van der Waals surface area (Å²) in [7, 11) is -24.1. The van der Waals surface area contributed by atoms with Crippen LogP contribution >= 0.6 is 11.6 Å². The molecule has 5 rings (SSSR count). The Balaban J connectivity index is 1.44. The Morgan fingerprint density at radius 1 is 0.574 bits per heavy atom. The van der Waals surface area contributed by atoms with Crippen molar-refractivity contribution in [3.8, 4) is 0 Å². The average Bonchev–Trinajstić information content (AvgIpc) is 3.12. The molecule has 5 aromatic rings. The quantitative estimate of drug-likeness (QED) is 0.0515. The van der Waals surface area contributed by atoms with Gasteiger partial charge in [-0.2, -0.15) is 48.6 Å². The fourth-order valence-corrected chi connectivity index (χ4v) is 8.11. The second-order valence-corrected chi connectivity index (χ2v) is 19.3. The molecule has 0 radical (unpaired) electrons. The lowest BCUT2D eigenvalue weighted by Gasteiger charge is -2.10. The van der Waals surface area contributed by atoms with Crippen LogP contribution in [0.4, 0.5) is 57.7 Å². The molecule has 0 bridgehead atoms. The highest BCUT2D eigenvalue weighted by Gasteiger charge is 2.24. The molecule has 0 aliphatic rings. The number of anilines is 6. The van der Waals surface area contributed by atoms with Crippen molar-refractivity contribution in [3.05, 3.63) is 72.0 Å². The summed E-state index contributed by atoms with van der Waals surface area (Å²) in [5.41, 5.74) is 10.1. The molecule has 0 fully saturated rings. The summed E-state index contributed by atoms with van der Waals surface area (Å²) in [4.78, 5) is 12.8. The van der Waals surface area contributed by atoms with Gasteiger partial charge in [0.2, 0.25) is 17.2 Å². The lowest BCUT2D eigenvalue weighted by atomic mass is 10.3. The summed E-state index contributed by atoms with van der Waals surface area (Å²) < 4.78 is 160. The largest absolute Gasteiger partial charge is 0.397 e. The lowest BCUT2D eigenvalue weighted by Crippen LogP contribution is -2.16. The molecule has 0 aliphatic heterocycles. The molecular formula is C28H25ClN12O15S5. The van der Waals surface area contributed by atoms with E-state index < -0.39 is 106 Å². The van der Waals surface area contributed by atoms with Gasteiger partial charge in [-0.15, -0.1) is 20.5 Å². The van der Waals surface area contributed by atoms with Crippen LogP contribution in [0.25, 0.3) is 0 Å². The van der Waals surface area contributed by atoms with Gasteiger partial charge in [-0.3, -0.25) is 18.2 Å². The maximum atomic E-state index is 12.6. The Morgan fingerprint density at radius 2 is 1.13 bits per heavy atom. The Bertz CT molecular complexity index is 3200. The van der Waals surface area contributed by atoms with Crippen LogP contribution in [-0.4, -0.2) is 92.6 Å². The smallest absolute Gasteiger partial charge is 0.382 e. The van der Waals surface area contributed by atoms with Crippen molar-refractivity contribution in [2.24, 2.45) is 20.5 Å². The van der Waals surface area contributed by atoms with Gasteiger partial charge in [0.15, 0.2) is 21.5 Å². The number of hydrogen-bond acceptors (Lipinski definition) is 23. The van der Waals surface area contributed by atoms with E-state index >= 15 is 0 Å². The highest BCUT2D eigenvalue weighted by atomic mass is 35.5. The predicted octanol–water partition coefficient (Wildman–Crippen LogP) is 3.74. The number of aromatic nitrogens is 4. The fraction of sp³-hybridized carbons (Fsp3) is 0.0714. The molecule has 2 heterocycles. The van der Waals surface area contributed by atoms with Crippen LogP contribution in [0.2, 0.25) is 5.28 Å². The average molecular weight is 965 g/mol. The van der Waals surface area contributed by atoms with E-state index in [2.05, 4.69) is 55.2 Å². The Labute approximate surface area is 349 Å². The first-order chi connectivity index (χ1) is 28.2. The summed E-state index contributed by atoms with van der Waals surface area (Å²) in [6, 6.07) is 11.3. The summed E-state index contributed by atoms with van der Waals surface area (Å²) in [6.45, 7) is -1.04. The van der Waals surface area contributed by atoms with Gasteiger partial charge in [0.25, 0.3) is 30.4 Å². The molecule has 0 atom stereocenters. The van der Waals surface area contributed by atoms with E-state index in [4.69, 9.17) is 27.6 Å². The number of hydrogen-bond donors (Lipinski definition) is 8. The molecule has 3 aromatic carbocycles. The van der Waals surface area contributed by atoms with Gasteiger partial charge in [-0.1, -0.05) is 6.07 Å². The van der Waals surface area contributed by atoms with Crippen LogP contribution in [0.15, 0.2) is 107 Å². The normalized spacial score (nSPS) is 12.9. The maximum absolute atomic E-state index is 12.6. The van der Waals surface area contributed by atoms with E-state index in [9.17, 15) is 55.7 Å². The Morgan fingerprint density at radius 3 is 1.69 bits per heavy atom. The molecule has 61 heavy (non-hydrogen) atoms. The first-order valence-electron chi connectivity index (χ1n) is 15.7. The minimum absolute atomic E-state index is 0.0285. The number of nitrogens with zero attached hydrogens (tertiary/aromatic N) is 8. The molecule has 324 valence electrons. The number of pyridine rings is 1. The second kappa shape index (κ2) is 17.6. The minimum atomic E-state index is -5.20. The number of benzene rings is 3. The molecule has 0 saturated carbocycles. The summed E-state index contributed by atoms with van der Waals surface area (Å²) in [5.74, 6) is -2.31. The predicted molar refractivity (Wildman–Crippen MR) is 211 cm³/mol. The second-order valence-electron chi connectivity index (χ2n) is 11.5. The first kappa shape index (κ1) is 46.1. The van der Waals surface area contributed by atoms with E-state index in [0.29, 0.717) is 6.07 Å². The molecule has 0 amide bonds. The zero-order chi connectivity index (χ0) is 45.1. The molecular weight excluding hydrogens is 940 g/mol. The van der Waals surface area contributed by atoms with Crippen molar-refractivity contribution in [1.29, 1.82) is 0 Å². The van der Waals surface area contributed by atoms with Gasteiger partial charge in [0.1, 0.15) is 32.5 Å². The Kier molecular flexibility index (Phi) is 13.3. The molecule has 0 aliphatic carbocycles. The molecule has 0 saturated heterocycles. The highest BCUT2D eigenvalue weighted by Crippen LogP contribution is 2.36. The lowest BCUT2D eigenvalue weighted by molar-refractivity contribution is 0.284. The summed E-state index contributed by atoms with van der Waals surface area (Å²) >= 11 is 6.04. The van der Waals surface area contributed by atoms with Crippen molar-refractivity contribution in [1.82, 2.24) is 19.9 Å². The minimum Gasteiger partial charge on any atom is -0.382 e. The monoisotopic (exact) mass is 964 g/mol. The number of rotatable bonds is 16. The summed E-state index contributed by atoms with van der Waals surface area (Å²) in [6.07, 6.45) is 0. The van der Waals surface area contributed by atoms with Crippen LogP contribution in [0.1, 0.15) is 0 Å².